The van der Waals surface area contributed by atoms with Gasteiger partial charge in [0.2, 0.25) is 0 Å². The molecule has 8 heteroatoms. The Kier molecular flexibility index (Phi) is 6.01. The van der Waals surface area contributed by atoms with Gasteiger partial charge in [0.15, 0.2) is 0 Å². The zero-order valence-electron chi connectivity index (χ0n) is 14.0. The number of nitrogens with one attached hydrogen (secondary N) is 1. The van der Waals surface area contributed by atoms with Crippen LogP contribution in [0.2, 0.25) is 10.0 Å². The van der Waals surface area contributed by atoms with E-state index in [-0.39, 0.29) is 16.6 Å². The molecule has 3 aromatic rings. The van der Waals surface area contributed by atoms with Gasteiger partial charge in [-0.15, -0.1) is 0 Å². The number of halogens is 2. The maximum Gasteiger partial charge on any atom is 0.287 e. The summed E-state index contributed by atoms with van der Waals surface area (Å²) in [6, 6.07) is 18.9. The van der Waals surface area contributed by atoms with Crippen LogP contribution in [0.5, 0.6) is 0 Å². The first-order chi connectivity index (χ1) is 13.1. The van der Waals surface area contributed by atoms with Crippen molar-refractivity contribution in [2.24, 2.45) is 5.10 Å². The van der Waals surface area contributed by atoms with Crippen molar-refractivity contribution in [3.05, 3.63) is 98.4 Å². The van der Waals surface area contributed by atoms with E-state index >= 15 is 0 Å². The molecule has 0 saturated carbocycles. The molecule has 136 valence electrons. The molecular formula is C19H14Cl2N4O2. The fourth-order valence-electron chi connectivity index (χ4n) is 2.34. The number of amides is 1. The molecule has 0 aliphatic carbocycles. The van der Waals surface area contributed by atoms with Gasteiger partial charge in [0.05, 0.1) is 16.9 Å². The van der Waals surface area contributed by atoms with Gasteiger partial charge in [-0.25, -0.2) is 10.1 Å². The molecule has 3 rings (SSSR count). The number of rotatable bonds is 5. The van der Waals surface area contributed by atoms with E-state index in [1.165, 1.54) is 6.20 Å². The maximum atomic E-state index is 12.2. The van der Waals surface area contributed by atoms with E-state index in [1.807, 2.05) is 60.7 Å². The SMILES string of the molecule is O=C(Cn1ncc(Cl)c(Cl)c1=O)NN=C(c1ccccc1)c1ccccc1. The number of nitrogens with zero attached hydrogens (tertiary/aromatic N) is 3. The second-order valence-corrected chi connectivity index (χ2v) is 6.28. The van der Waals surface area contributed by atoms with Crippen molar-refractivity contribution < 1.29 is 4.79 Å². The Bertz CT molecular complexity index is 993. The molecule has 2 aromatic carbocycles. The first kappa shape index (κ1) is 18.8. The Morgan fingerprint density at radius 1 is 1.00 bits per heavy atom. The first-order valence-electron chi connectivity index (χ1n) is 7.95. The second-order valence-electron chi connectivity index (χ2n) is 5.50. The molecule has 1 N–H and O–H groups in total. The highest BCUT2D eigenvalue weighted by Gasteiger charge is 2.12. The van der Waals surface area contributed by atoms with E-state index in [0.717, 1.165) is 15.8 Å². The van der Waals surface area contributed by atoms with Gasteiger partial charge in [-0.1, -0.05) is 83.9 Å². The van der Waals surface area contributed by atoms with Gasteiger partial charge in [-0.05, 0) is 0 Å². The molecule has 0 radical (unpaired) electrons. The lowest BCUT2D eigenvalue weighted by molar-refractivity contribution is -0.121. The maximum absolute atomic E-state index is 12.2. The number of hydrazone groups is 1. The fraction of sp³-hybridized carbons (Fsp3) is 0.0526. The van der Waals surface area contributed by atoms with Crippen LogP contribution in [0.15, 0.2) is 76.8 Å². The summed E-state index contributed by atoms with van der Waals surface area (Å²) < 4.78 is 0.920. The number of carbonyl (C=O) groups excluding carboxylic acids is 1. The van der Waals surface area contributed by atoms with E-state index in [2.05, 4.69) is 15.6 Å². The standard InChI is InChI=1S/C19H14Cl2N4O2/c20-15-11-22-25(19(27)17(15)21)12-16(26)23-24-18(13-7-3-1-4-8-13)14-9-5-2-6-10-14/h1-11H,12H2,(H,23,26). The summed E-state index contributed by atoms with van der Waals surface area (Å²) in [7, 11) is 0. The predicted octanol–water partition coefficient (Wildman–Crippen LogP) is 3.12. The average molecular weight is 401 g/mol. The highest BCUT2D eigenvalue weighted by atomic mass is 35.5. The number of benzene rings is 2. The molecule has 0 aliphatic heterocycles. The lowest BCUT2D eigenvalue weighted by Gasteiger charge is -2.08. The zero-order chi connectivity index (χ0) is 19.2. The molecule has 0 aliphatic rings. The second kappa shape index (κ2) is 8.62. The van der Waals surface area contributed by atoms with Crippen LogP contribution in [0, 0.1) is 0 Å². The molecule has 0 spiro atoms. The topological polar surface area (TPSA) is 76.3 Å². The Labute approximate surface area is 165 Å². The third kappa shape index (κ3) is 4.61. The minimum Gasteiger partial charge on any atom is -0.271 e. The minimum atomic E-state index is -0.644. The van der Waals surface area contributed by atoms with Gasteiger partial charge in [-0.3, -0.25) is 9.59 Å². The minimum absolute atomic E-state index is 0.0341. The number of aromatic nitrogens is 2. The smallest absolute Gasteiger partial charge is 0.271 e. The van der Waals surface area contributed by atoms with Crippen molar-refractivity contribution in [1.29, 1.82) is 0 Å². The largest absolute Gasteiger partial charge is 0.287 e. The van der Waals surface area contributed by atoms with Crippen LogP contribution in [0.1, 0.15) is 11.1 Å². The molecule has 1 amide bonds. The Balaban J connectivity index is 1.84. The molecule has 0 unspecified atom stereocenters. The van der Waals surface area contributed by atoms with Crippen LogP contribution in [0.25, 0.3) is 0 Å². The van der Waals surface area contributed by atoms with E-state index in [9.17, 15) is 9.59 Å². The van der Waals surface area contributed by atoms with Gasteiger partial charge < -0.3 is 0 Å². The predicted molar refractivity (Wildman–Crippen MR) is 105 cm³/mol. The van der Waals surface area contributed by atoms with Gasteiger partial charge in [0.1, 0.15) is 11.6 Å². The third-order valence-corrected chi connectivity index (χ3v) is 4.37. The molecular weight excluding hydrogens is 387 g/mol. The van der Waals surface area contributed by atoms with Crippen molar-refractivity contribution in [3.8, 4) is 0 Å². The summed E-state index contributed by atoms with van der Waals surface area (Å²) >= 11 is 11.5. The van der Waals surface area contributed by atoms with Gasteiger partial charge >= 0.3 is 0 Å². The third-order valence-electron chi connectivity index (χ3n) is 3.62. The van der Waals surface area contributed by atoms with E-state index in [0.29, 0.717) is 5.71 Å². The summed E-state index contributed by atoms with van der Waals surface area (Å²) in [5.74, 6) is -0.521. The highest BCUT2D eigenvalue weighted by Crippen LogP contribution is 2.14. The van der Waals surface area contributed by atoms with Crippen molar-refractivity contribution in [3.63, 3.8) is 0 Å². The molecule has 27 heavy (non-hydrogen) atoms. The monoisotopic (exact) mass is 400 g/mol. The van der Waals surface area contributed by atoms with Crippen LogP contribution in [-0.2, 0) is 11.3 Å². The fourth-order valence-corrected chi connectivity index (χ4v) is 2.61. The molecule has 1 heterocycles. The number of hydrogen-bond donors (Lipinski definition) is 1. The van der Waals surface area contributed by atoms with Crippen molar-refractivity contribution in [1.82, 2.24) is 15.2 Å². The summed E-state index contributed by atoms with van der Waals surface area (Å²) in [6.45, 7) is -0.337. The quantitative estimate of drug-likeness (QED) is 0.527. The Morgan fingerprint density at radius 2 is 1.56 bits per heavy atom. The summed E-state index contributed by atoms with van der Waals surface area (Å²) in [4.78, 5) is 24.2. The van der Waals surface area contributed by atoms with Crippen LogP contribution >= 0.6 is 23.2 Å². The molecule has 0 saturated heterocycles. The first-order valence-corrected chi connectivity index (χ1v) is 8.70. The summed E-state index contributed by atoms with van der Waals surface area (Å²) in [5, 5.41) is 7.90. The van der Waals surface area contributed by atoms with Gasteiger partial charge in [0.25, 0.3) is 11.5 Å². The van der Waals surface area contributed by atoms with E-state index < -0.39 is 11.5 Å². The van der Waals surface area contributed by atoms with Crippen LogP contribution in [0.4, 0.5) is 0 Å². The molecule has 0 fully saturated rings. The average Bonchev–Trinajstić information content (AvgIpc) is 2.70. The number of carbonyl (C=O) groups is 1. The number of hydrogen-bond acceptors (Lipinski definition) is 4. The van der Waals surface area contributed by atoms with Gasteiger partial charge in [0, 0.05) is 11.1 Å². The van der Waals surface area contributed by atoms with Crippen LogP contribution in [-0.4, -0.2) is 21.4 Å². The van der Waals surface area contributed by atoms with Crippen molar-refractivity contribution >= 4 is 34.8 Å². The lowest BCUT2D eigenvalue weighted by Crippen LogP contribution is -2.32. The Hall–Kier alpha value is -2.96. The molecule has 0 bridgehead atoms. The molecule has 0 atom stereocenters. The lowest BCUT2D eigenvalue weighted by atomic mass is 10.0. The van der Waals surface area contributed by atoms with Crippen molar-refractivity contribution in [2.75, 3.05) is 0 Å². The van der Waals surface area contributed by atoms with E-state index in [4.69, 9.17) is 23.2 Å². The summed E-state index contributed by atoms with van der Waals surface area (Å²) in [5.41, 5.74) is 4.10. The molecule has 6 nitrogen and oxygen atoms in total. The summed E-state index contributed by atoms with van der Waals surface area (Å²) in [6.07, 6.45) is 1.21. The van der Waals surface area contributed by atoms with Crippen molar-refractivity contribution in [2.45, 2.75) is 6.54 Å². The molecule has 1 aromatic heterocycles. The zero-order valence-corrected chi connectivity index (χ0v) is 15.5. The normalized spacial score (nSPS) is 10.3. The Morgan fingerprint density at radius 3 is 2.11 bits per heavy atom. The van der Waals surface area contributed by atoms with Crippen LogP contribution in [0.3, 0.4) is 0 Å². The van der Waals surface area contributed by atoms with E-state index in [1.54, 1.807) is 0 Å². The van der Waals surface area contributed by atoms with Gasteiger partial charge in [-0.2, -0.15) is 10.2 Å². The van der Waals surface area contributed by atoms with Crippen LogP contribution < -0.4 is 11.0 Å². The highest BCUT2D eigenvalue weighted by molar-refractivity contribution is 6.41.